The average molecular weight is 519 g/mol. The number of benzene rings is 2. The lowest BCUT2D eigenvalue weighted by molar-refractivity contribution is 0.0930. The zero-order valence-corrected chi connectivity index (χ0v) is 22.9. The van der Waals surface area contributed by atoms with E-state index in [1.54, 1.807) is 12.1 Å². The maximum Gasteiger partial charge on any atom is 0.251 e. The molecule has 0 fully saturated rings. The third-order valence-electron chi connectivity index (χ3n) is 6.06. The maximum atomic E-state index is 13.0. The minimum absolute atomic E-state index is 0.0451. The number of nitriles is 1. The third-order valence-corrected chi connectivity index (χ3v) is 6.06. The number of hydrogen-bond acceptors (Lipinski definition) is 6. The number of nitrogens with zero attached hydrogens (tertiary/aromatic N) is 3. The Hall–Kier alpha value is -3.67. The van der Waals surface area contributed by atoms with Crippen molar-refractivity contribution in [2.75, 3.05) is 13.2 Å². The van der Waals surface area contributed by atoms with Crippen molar-refractivity contribution in [1.29, 1.82) is 5.26 Å². The van der Waals surface area contributed by atoms with Crippen molar-refractivity contribution in [2.24, 2.45) is 0 Å². The maximum absolute atomic E-state index is 13.0. The third kappa shape index (κ3) is 7.44. The van der Waals surface area contributed by atoms with E-state index in [4.69, 9.17) is 9.72 Å². The van der Waals surface area contributed by atoms with E-state index < -0.39 is 0 Å². The Balaban J connectivity index is 1.74. The second-order valence-electron chi connectivity index (χ2n) is 10.7. The number of ether oxygens (including phenoxy) is 1. The number of amides is 1. The number of carbonyl (C=O) groups is 1. The number of aliphatic hydroxyl groups excluding tert-OH is 2. The summed E-state index contributed by atoms with van der Waals surface area (Å²) in [6, 6.07) is 14.6. The molecule has 0 unspecified atom stereocenters. The van der Waals surface area contributed by atoms with Gasteiger partial charge in [-0.25, -0.2) is 4.98 Å². The van der Waals surface area contributed by atoms with Crippen LogP contribution >= 0.6 is 0 Å². The van der Waals surface area contributed by atoms with Crippen molar-refractivity contribution in [2.45, 2.75) is 71.6 Å². The van der Waals surface area contributed by atoms with Crippen LogP contribution in [-0.4, -0.2) is 51.0 Å². The molecule has 0 aliphatic rings. The van der Waals surface area contributed by atoms with Crippen LogP contribution in [0.5, 0.6) is 5.75 Å². The number of rotatable bonds is 11. The first-order valence-electron chi connectivity index (χ1n) is 13.0. The Morgan fingerprint density at radius 3 is 2.42 bits per heavy atom. The van der Waals surface area contributed by atoms with E-state index in [9.17, 15) is 20.3 Å². The molecule has 8 heteroatoms. The molecule has 1 amide bonds. The van der Waals surface area contributed by atoms with Crippen molar-refractivity contribution in [3.63, 3.8) is 0 Å². The van der Waals surface area contributed by atoms with Gasteiger partial charge in [-0.15, -0.1) is 0 Å². The normalized spacial score (nSPS) is 12.3. The highest BCUT2D eigenvalue weighted by atomic mass is 16.5. The first-order valence-corrected chi connectivity index (χ1v) is 13.0. The van der Waals surface area contributed by atoms with Crippen molar-refractivity contribution >= 4 is 5.91 Å². The van der Waals surface area contributed by atoms with Gasteiger partial charge in [0.2, 0.25) is 0 Å². The van der Waals surface area contributed by atoms with E-state index in [2.05, 4.69) is 32.2 Å². The summed E-state index contributed by atoms with van der Waals surface area (Å²) in [4.78, 5) is 17.8. The summed E-state index contributed by atoms with van der Waals surface area (Å²) in [6.45, 7) is 10.5. The van der Waals surface area contributed by atoms with Gasteiger partial charge < -0.3 is 24.8 Å². The highest BCUT2D eigenvalue weighted by Crippen LogP contribution is 2.27. The lowest BCUT2D eigenvalue weighted by atomic mass is 9.95. The van der Waals surface area contributed by atoms with Gasteiger partial charge >= 0.3 is 0 Å². The molecule has 3 rings (SSSR count). The number of hydrogen-bond donors (Lipinski definition) is 3. The molecule has 202 valence electrons. The van der Waals surface area contributed by atoms with Crippen molar-refractivity contribution in [3.05, 3.63) is 71.2 Å². The van der Waals surface area contributed by atoms with Crippen LogP contribution in [0, 0.1) is 11.3 Å². The summed E-state index contributed by atoms with van der Waals surface area (Å²) in [5.74, 6) is 1.05. The Kier molecular flexibility index (Phi) is 9.67. The van der Waals surface area contributed by atoms with Gasteiger partial charge in [-0.3, -0.25) is 4.79 Å². The van der Waals surface area contributed by atoms with E-state index in [1.807, 2.05) is 48.9 Å². The molecular weight excluding hydrogens is 480 g/mol. The lowest BCUT2D eigenvalue weighted by Crippen LogP contribution is -2.37. The Bertz CT molecular complexity index is 1270. The first-order chi connectivity index (χ1) is 18.0. The summed E-state index contributed by atoms with van der Waals surface area (Å²) >= 11 is 0. The average Bonchev–Trinajstić information content (AvgIpc) is 3.29. The fourth-order valence-corrected chi connectivity index (χ4v) is 4.29. The minimum atomic E-state index is -0.309. The van der Waals surface area contributed by atoms with Crippen LogP contribution in [0.4, 0.5) is 0 Å². The molecule has 0 radical (unpaired) electrons. The molecular formula is C30H38N4O4. The number of carbonyl (C=O) groups excluding carboxylic acids is 1. The Morgan fingerprint density at radius 2 is 1.84 bits per heavy atom. The molecule has 0 aliphatic carbocycles. The van der Waals surface area contributed by atoms with E-state index in [0.29, 0.717) is 36.3 Å². The van der Waals surface area contributed by atoms with Crippen molar-refractivity contribution in [3.8, 4) is 23.1 Å². The lowest BCUT2D eigenvalue weighted by Gasteiger charge is -2.19. The molecule has 1 heterocycles. The van der Waals surface area contributed by atoms with Gasteiger partial charge in [0.25, 0.3) is 5.91 Å². The smallest absolute Gasteiger partial charge is 0.251 e. The second kappa shape index (κ2) is 12.7. The molecule has 1 aromatic heterocycles. The zero-order valence-electron chi connectivity index (χ0n) is 22.9. The fraction of sp³-hybridized carbons (Fsp3) is 0.433. The molecule has 0 saturated carbocycles. The molecule has 0 spiro atoms. The monoisotopic (exact) mass is 518 g/mol. The van der Waals surface area contributed by atoms with Crippen LogP contribution in [0.1, 0.15) is 68.3 Å². The summed E-state index contributed by atoms with van der Waals surface area (Å²) in [5.41, 5.74) is 3.33. The first kappa shape index (κ1) is 28.9. The molecule has 1 atom stereocenters. The van der Waals surface area contributed by atoms with Crippen LogP contribution in [0.3, 0.4) is 0 Å². The van der Waals surface area contributed by atoms with Crippen molar-refractivity contribution in [1.82, 2.24) is 14.9 Å². The predicted octanol–water partition coefficient (Wildman–Crippen LogP) is 4.22. The molecule has 0 aliphatic heterocycles. The van der Waals surface area contributed by atoms with Crippen LogP contribution < -0.4 is 10.1 Å². The standard InChI is InChI=1S/C30H38N4O4/c1-20(2)38-27-11-10-23(17-24(27)18-31)28(37)32-25(12-14-35)16-21-6-8-22(9-7-21)26-19-34(13-15-36)29(33-26)30(3,4)5/h6-11,17,19-20,25,35-36H,12-16H2,1-5H3,(H,32,37)/t25-/m1/s1. The zero-order chi connectivity index (χ0) is 27.9. The number of imidazole rings is 1. The highest BCUT2D eigenvalue weighted by Gasteiger charge is 2.22. The summed E-state index contributed by atoms with van der Waals surface area (Å²) in [7, 11) is 0. The Morgan fingerprint density at radius 1 is 1.13 bits per heavy atom. The summed E-state index contributed by atoms with van der Waals surface area (Å²) in [5, 5.41) is 31.5. The van der Waals surface area contributed by atoms with Gasteiger partial charge in [0.05, 0.1) is 24.0 Å². The molecule has 0 bridgehead atoms. The number of aliphatic hydroxyl groups is 2. The van der Waals surface area contributed by atoms with E-state index in [0.717, 1.165) is 22.6 Å². The van der Waals surface area contributed by atoms with Crippen LogP contribution in [-0.2, 0) is 18.4 Å². The van der Waals surface area contributed by atoms with Gasteiger partial charge in [0.15, 0.2) is 0 Å². The molecule has 0 saturated heterocycles. The minimum Gasteiger partial charge on any atom is -0.490 e. The van der Waals surface area contributed by atoms with Crippen LogP contribution in [0.25, 0.3) is 11.3 Å². The van der Waals surface area contributed by atoms with Crippen LogP contribution in [0.2, 0.25) is 0 Å². The highest BCUT2D eigenvalue weighted by molar-refractivity contribution is 5.95. The summed E-state index contributed by atoms with van der Waals surface area (Å²) < 4.78 is 7.64. The van der Waals surface area contributed by atoms with Gasteiger partial charge in [-0.1, -0.05) is 45.0 Å². The number of nitrogens with one attached hydrogen (secondary N) is 1. The van der Waals surface area contributed by atoms with Crippen molar-refractivity contribution < 1.29 is 19.7 Å². The van der Waals surface area contributed by atoms with Crippen LogP contribution in [0.15, 0.2) is 48.7 Å². The predicted molar refractivity (Wildman–Crippen MR) is 147 cm³/mol. The molecule has 3 N–H and O–H groups in total. The largest absolute Gasteiger partial charge is 0.490 e. The number of aromatic nitrogens is 2. The SMILES string of the molecule is CC(C)Oc1ccc(C(=O)N[C@H](CCO)Cc2ccc(-c3cn(CCO)c(C(C)(C)C)n3)cc2)cc1C#N. The van der Waals surface area contributed by atoms with Gasteiger partial charge in [0.1, 0.15) is 17.6 Å². The molecule has 38 heavy (non-hydrogen) atoms. The molecule has 8 nitrogen and oxygen atoms in total. The summed E-state index contributed by atoms with van der Waals surface area (Å²) in [6.07, 6.45) is 2.82. The van der Waals surface area contributed by atoms with E-state index in [1.165, 1.54) is 6.07 Å². The molecule has 2 aromatic carbocycles. The van der Waals surface area contributed by atoms with E-state index in [-0.39, 0.29) is 36.7 Å². The van der Waals surface area contributed by atoms with E-state index >= 15 is 0 Å². The molecule has 3 aromatic rings. The van der Waals surface area contributed by atoms with Gasteiger partial charge in [-0.2, -0.15) is 5.26 Å². The second-order valence-corrected chi connectivity index (χ2v) is 10.7. The van der Waals surface area contributed by atoms with Gasteiger partial charge in [0, 0.05) is 41.9 Å². The topological polar surface area (TPSA) is 120 Å². The Labute approximate surface area is 224 Å². The van der Waals surface area contributed by atoms with Gasteiger partial charge in [-0.05, 0) is 50.5 Å². The fourth-order valence-electron chi connectivity index (χ4n) is 4.29. The quantitative estimate of drug-likeness (QED) is 0.350.